The van der Waals surface area contributed by atoms with Gasteiger partial charge in [-0.1, -0.05) is 0 Å². The molecule has 1 N–H and O–H groups in total. The molecule has 0 aliphatic carbocycles. The van der Waals surface area contributed by atoms with Crippen molar-refractivity contribution in [3.8, 4) is 5.69 Å². The summed E-state index contributed by atoms with van der Waals surface area (Å²) in [6.45, 7) is 1.88. The first-order chi connectivity index (χ1) is 11.9. The molecule has 0 radical (unpaired) electrons. The van der Waals surface area contributed by atoms with Crippen LogP contribution in [-0.2, 0) is 0 Å². The summed E-state index contributed by atoms with van der Waals surface area (Å²) < 4.78 is 15.8. The molecule has 0 fully saturated rings. The number of carbonyl (C=O) groups excluding carboxylic acids is 1. The Balaban J connectivity index is 1.80. The molecule has 25 heavy (non-hydrogen) atoms. The van der Waals surface area contributed by atoms with E-state index in [1.54, 1.807) is 42.9 Å². The predicted octanol–water partition coefficient (Wildman–Crippen LogP) is 3.03. The topological polar surface area (TPSA) is 63.1 Å². The van der Waals surface area contributed by atoms with E-state index in [0.717, 1.165) is 11.3 Å². The van der Waals surface area contributed by atoms with Gasteiger partial charge >= 0.3 is 0 Å². The quantitative estimate of drug-likeness (QED) is 0.794. The smallest absolute Gasteiger partial charge is 0.274 e. The normalized spacial score (nSPS) is 10.6. The third-order valence-corrected chi connectivity index (χ3v) is 3.66. The van der Waals surface area contributed by atoms with Crippen molar-refractivity contribution in [2.45, 2.75) is 6.92 Å². The van der Waals surface area contributed by atoms with Gasteiger partial charge in [0, 0.05) is 37.9 Å². The van der Waals surface area contributed by atoms with Crippen molar-refractivity contribution in [1.82, 2.24) is 14.8 Å². The van der Waals surface area contributed by atoms with Crippen LogP contribution in [0.2, 0.25) is 0 Å². The lowest BCUT2D eigenvalue weighted by atomic mass is 10.2. The average Bonchev–Trinajstić information content (AvgIpc) is 3.01. The van der Waals surface area contributed by atoms with E-state index in [-0.39, 0.29) is 5.69 Å². The van der Waals surface area contributed by atoms with Crippen LogP contribution in [0, 0.1) is 12.7 Å². The van der Waals surface area contributed by atoms with Crippen molar-refractivity contribution in [3.05, 3.63) is 66.0 Å². The van der Waals surface area contributed by atoms with Crippen LogP contribution in [-0.4, -0.2) is 34.8 Å². The molecule has 1 amide bonds. The van der Waals surface area contributed by atoms with E-state index in [4.69, 9.17) is 0 Å². The third kappa shape index (κ3) is 3.65. The van der Waals surface area contributed by atoms with Gasteiger partial charge in [0.2, 0.25) is 0 Å². The highest BCUT2D eigenvalue weighted by Crippen LogP contribution is 2.19. The zero-order chi connectivity index (χ0) is 18.0. The zero-order valence-electron chi connectivity index (χ0n) is 14.2. The summed E-state index contributed by atoms with van der Waals surface area (Å²) in [6, 6.07) is 7.94. The Morgan fingerprint density at radius 1 is 1.24 bits per heavy atom. The molecule has 0 aliphatic heterocycles. The number of nitrogens with zero attached hydrogens (tertiary/aromatic N) is 4. The van der Waals surface area contributed by atoms with Crippen molar-refractivity contribution in [2.24, 2.45) is 0 Å². The molecular weight excluding hydrogens is 321 g/mol. The maximum atomic E-state index is 14.3. The van der Waals surface area contributed by atoms with E-state index in [0.29, 0.717) is 11.4 Å². The van der Waals surface area contributed by atoms with Gasteiger partial charge < -0.3 is 10.2 Å². The van der Waals surface area contributed by atoms with Crippen LogP contribution >= 0.6 is 0 Å². The van der Waals surface area contributed by atoms with Gasteiger partial charge in [-0.05, 0) is 42.8 Å². The number of hydrogen-bond donors (Lipinski definition) is 1. The van der Waals surface area contributed by atoms with Gasteiger partial charge in [0.1, 0.15) is 11.4 Å². The lowest BCUT2D eigenvalue weighted by molar-refractivity contribution is 0.102. The van der Waals surface area contributed by atoms with Crippen molar-refractivity contribution in [3.63, 3.8) is 0 Å². The number of pyridine rings is 1. The number of benzene rings is 1. The monoisotopic (exact) mass is 339 g/mol. The van der Waals surface area contributed by atoms with Gasteiger partial charge in [0.05, 0.1) is 6.20 Å². The maximum Gasteiger partial charge on any atom is 0.274 e. The highest BCUT2D eigenvalue weighted by atomic mass is 19.1. The summed E-state index contributed by atoms with van der Waals surface area (Å²) in [4.78, 5) is 18.3. The number of halogens is 1. The molecule has 0 saturated carbocycles. The van der Waals surface area contributed by atoms with Crippen LogP contribution < -0.4 is 10.2 Å². The maximum absolute atomic E-state index is 14.3. The van der Waals surface area contributed by atoms with Gasteiger partial charge in [0.15, 0.2) is 5.82 Å². The van der Waals surface area contributed by atoms with E-state index in [2.05, 4.69) is 15.4 Å². The van der Waals surface area contributed by atoms with Crippen molar-refractivity contribution >= 4 is 17.3 Å². The number of aryl methyl sites for hydroxylation is 1. The molecule has 3 aromatic rings. The predicted molar refractivity (Wildman–Crippen MR) is 94.8 cm³/mol. The van der Waals surface area contributed by atoms with Crippen LogP contribution in [0.25, 0.3) is 5.69 Å². The van der Waals surface area contributed by atoms with E-state index >= 15 is 0 Å². The summed E-state index contributed by atoms with van der Waals surface area (Å²) in [5.74, 6) is -0.873. The van der Waals surface area contributed by atoms with Gasteiger partial charge in [0.25, 0.3) is 5.91 Å². The van der Waals surface area contributed by atoms with Crippen molar-refractivity contribution < 1.29 is 9.18 Å². The highest BCUT2D eigenvalue weighted by molar-refractivity contribution is 6.03. The Bertz CT molecular complexity index is 919. The molecular formula is C18H18FN5O. The molecule has 0 spiro atoms. The Morgan fingerprint density at radius 3 is 2.68 bits per heavy atom. The molecule has 7 heteroatoms. The molecule has 128 valence electrons. The fourth-order valence-electron chi connectivity index (χ4n) is 2.33. The number of carbonyl (C=O) groups is 1. The summed E-state index contributed by atoms with van der Waals surface area (Å²) in [5, 5.41) is 6.75. The van der Waals surface area contributed by atoms with Crippen LogP contribution in [0.4, 0.5) is 15.8 Å². The summed E-state index contributed by atoms with van der Waals surface area (Å²) in [7, 11) is 3.75. The lowest BCUT2D eigenvalue weighted by Crippen LogP contribution is -2.16. The number of hydrogen-bond acceptors (Lipinski definition) is 4. The summed E-state index contributed by atoms with van der Waals surface area (Å²) >= 11 is 0. The molecule has 0 aliphatic rings. The summed E-state index contributed by atoms with van der Waals surface area (Å²) in [5.41, 5.74) is 2.73. The first-order valence-corrected chi connectivity index (χ1v) is 7.70. The number of nitrogens with one attached hydrogen (secondary N) is 1. The minimum Gasteiger partial charge on any atom is -0.378 e. The SMILES string of the molecule is Cc1cnn(-c2ccc(NC(=O)c3cc(N(C)C)ccn3)cc2F)c1. The number of anilines is 2. The Labute approximate surface area is 144 Å². The van der Waals surface area contributed by atoms with Crippen LogP contribution in [0.5, 0.6) is 0 Å². The van der Waals surface area contributed by atoms with E-state index < -0.39 is 11.7 Å². The largest absolute Gasteiger partial charge is 0.378 e. The molecule has 0 unspecified atom stereocenters. The highest BCUT2D eigenvalue weighted by Gasteiger charge is 2.12. The van der Waals surface area contributed by atoms with Gasteiger partial charge in [-0.15, -0.1) is 0 Å². The average molecular weight is 339 g/mol. The van der Waals surface area contributed by atoms with Gasteiger partial charge in [-0.25, -0.2) is 9.07 Å². The number of aromatic nitrogens is 3. The Hall–Kier alpha value is -3.22. The van der Waals surface area contributed by atoms with Gasteiger partial charge in [-0.3, -0.25) is 9.78 Å². The van der Waals surface area contributed by atoms with E-state index in [9.17, 15) is 9.18 Å². The third-order valence-electron chi connectivity index (χ3n) is 3.66. The number of rotatable bonds is 4. The Morgan fingerprint density at radius 2 is 2.04 bits per heavy atom. The molecule has 3 rings (SSSR count). The second-order valence-electron chi connectivity index (χ2n) is 5.88. The standard InChI is InChI=1S/C18H18FN5O/c1-12-10-21-24(11-12)17-5-4-13(8-15(17)19)22-18(25)16-9-14(23(2)3)6-7-20-16/h4-11H,1-3H3,(H,22,25). The van der Waals surface area contributed by atoms with Crippen LogP contribution in [0.1, 0.15) is 16.1 Å². The van der Waals surface area contributed by atoms with Crippen molar-refractivity contribution in [2.75, 3.05) is 24.3 Å². The van der Waals surface area contributed by atoms with E-state index in [1.165, 1.54) is 10.7 Å². The van der Waals surface area contributed by atoms with Crippen LogP contribution in [0.15, 0.2) is 48.9 Å². The van der Waals surface area contributed by atoms with Crippen LogP contribution in [0.3, 0.4) is 0 Å². The molecule has 6 nitrogen and oxygen atoms in total. The minimum atomic E-state index is -0.476. The molecule has 0 atom stereocenters. The second kappa shape index (κ2) is 6.72. The summed E-state index contributed by atoms with van der Waals surface area (Å²) in [6.07, 6.45) is 4.94. The Kier molecular flexibility index (Phi) is 4.47. The molecule has 0 saturated heterocycles. The molecule has 2 aromatic heterocycles. The van der Waals surface area contributed by atoms with Gasteiger partial charge in [-0.2, -0.15) is 5.10 Å². The van der Waals surface area contributed by atoms with Crippen molar-refractivity contribution in [1.29, 1.82) is 0 Å². The first kappa shape index (κ1) is 16.6. The molecule has 0 bridgehead atoms. The number of amides is 1. The lowest BCUT2D eigenvalue weighted by Gasteiger charge is -2.13. The minimum absolute atomic E-state index is 0.262. The fraction of sp³-hybridized carbons (Fsp3) is 0.167. The molecule has 2 heterocycles. The first-order valence-electron chi connectivity index (χ1n) is 7.70. The molecule has 1 aromatic carbocycles. The van der Waals surface area contributed by atoms with E-state index in [1.807, 2.05) is 25.9 Å². The second-order valence-corrected chi connectivity index (χ2v) is 5.88. The zero-order valence-corrected chi connectivity index (χ0v) is 14.2. The fourth-order valence-corrected chi connectivity index (χ4v) is 2.33.